The number of carbonyl (C=O) groups excluding carboxylic acids is 1. The molecular weight excluding hydrogens is 284 g/mol. The minimum atomic E-state index is -0.898. The number of nitrogens with zero attached hydrogens (tertiary/aromatic N) is 2. The fourth-order valence-corrected chi connectivity index (χ4v) is 1.87. The van der Waals surface area contributed by atoms with Crippen LogP contribution in [0.3, 0.4) is 0 Å². The van der Waals surface area contributed by atoms with E-state index in [1.165, 1.54) is 6.20 Å². The van der Waals surface area contributed by atoms with E-state index < -0.39 is 5.60 Å². The molecule has 0 aliphatic heterocycles. The van der Waals surface area contributed by atoms with Gasteiger partial charge < -0.3 is 10.0 Å². The Hall–Kier alpha value is -0.940. The summed E-state index contributed by atoms with van der Waals surface area (Å²) in [5.74, 6) is -0.122. The van der Waals surface area contributed by atoms with Crippen molar-refractivity contribution >= 4 is 21.8 Å². The molecule has 17 heavy (non-hydrogen) atoms. The lowest BCUT2D eigenvalue weighted by Crippen LogP contribution is -2.42. The molecule has 0 spiro atoms. The minimum absolute atomic E-state index is 0.122. The van der Waals surface area contributed by atoms with E-state index in [2.05, 4.69) is 20.9 Å². The summed E-state index contributed by atoms with van der Waals surface area (Å²) in [6.07, 6.45) is 3.16. The van der Waals surface area contributed by atoms with Crippen LogP contribution in [0.15, 0.2) is 22.9 Å². The van der Waals surface area contributed by atoms with Gasteiger partial charge in [-0.05, 0) is 42.8 Å². The molecule has 0 saturated heterocycles. The Labute approximate surface area is 110 Å². The quantitative estimate of drug-likeness (QED) is 0.926. The number of aliphatic hydroxyl groups is 1. The van der Waals surface area contributed by atoms with Gasteiger partial charge in [-0.1, -0.05) is 0 Å². The third kappa shape index (κ3) is 4.44. The maximum atomic E-state index is 12.2. The van der Waals surface area contributed by atoms with E-state index in [1.54, 1.807) is 31.0 Å². The van der Waals surface area contributed by atoms with Crippen molar-refractivity contribution in [1.29, 1.82) is 0 Å². The monoisotopic (exact) mass is 300 g/mol. The standard InChI is InChI=1S/C12H17BrN2O2/c1-4-15(8-12(2,3)17)11(16)9-5-10(13)7-14-6-9/h5-7,17H,4,8H2,1-3H3. The molecule has 0 atom stereocenters. The molecule has 1 aromatic heterocycles. The van der Waals surface area contributed by atoms with Crippen LogP contribution >= 0.6 is 15.9 Å². The number of rotatable bonds is 4. The van der Waals surface area contributed by atoms with Gasteiger partial charge in [0.25, 0.3) is 5.91 Å². The second kappa shape index (κ2) is 5.60. The predicted molar refractivity (Wildman–Crippen MR) is 69.8 cm³/mol. The molecule has 0 fully saturated rings. The van der Waals surface area contributed by atoms with Gasteiger partial charge in [0.15, 0.2) is 0 Å². The summed E-state index contributed by atoms with van der Waals surface area (Å²) >= 11 is 3.28. The van der Waals surface area contributed by atoms with Gasteiger partial charge in [-0.25, -0.2) is 0 Å². The maximum Gasteiger partial charge on any atom is 0.255 e. The molecule has 94 valence electrons. The summed E-state index contributed by atoms with van der Waals surface area (Å²) < 4.78 is 0.766. The van der Waals surface area contributed by atoms with Gasteiger partial charge in [-0.3, -0.25) is 9.78 Å². The molecule has 1 amide bonds. The first-order valence-corrected chi connectivity index (χ1v) is 6.25. The number of halogens is 1. The molecule has 0 bridgehead atoms. The summed E-state index contributed by atoms with van der Waals surface area (Å²) in [7, 11) is 0. The second-order valence-corrected chi connectivity index (χ2v) is 5.44. The molecule has 1 N–H and O–H groups in total. The lowest BCUT2D eigenvalue weighted by atomic mass is 10.1. The van der Waals surface area contributed by atoms with Crippen molar-refractivity contribution in [3.05, 3.63) is 28.5 Å². The van der Waals surface area contributed by atoms with Crippen LogP contribution in [0.25, 0.3) is 0 Å². The summed E-state index contributed by atoms with van der Waals surface area (Å²) in [6.45, 7) is 6.10. The van der Waals surface area contributed by atoms with Gasteiger partial charge in [0.05, 0.1) is 11.2 Å². The highest BCUT2D eigenvalue weighted by Gasteiger charge is 2.22. The summed E-state index contributed by atoms with van der Waals surface area (Å²) in [6, 6.07) is 1.72. The Morgan fingerprint density at radius 2 is 2.18 bits per heavy atom. The SMILES string of the molecule is CCN(CC(C)(C)O)C(=O)c1cncc(Br)c1. The van der Waals surface area contributed by atoms with Crippen molar-refractivity contribution in [3.63, 3.8) is 0 Å². The van der Waals surface area contributed by atoms with Gasteiger partial charge in [-0.2, -0.15) is 0 Å². The van der Waals surface area contributed by atoms with Crippen LogP contribution < -0.4 is 0 Å². The highest BCUT2D eigenvalue weighted by Crippen LogP contribution is 2.13. The Balaban J connectivity index is 2.87. The van der Waals surface area contributed by atoms with Crippen LogP contribution in [0.2, 0.25) is 0 Å². The number of amides is 1. The molecule has 5 heteroatoms. The fourth-order valence-electron chi connectivity index (χ4n) is 1.51. The van der Waals surface area contributed by atoms with Crippen LogP contribution in [0, 0.1) is 0 Å². The van der Waals surface area contributed by atoms with Crippen LogP contribution in [0.1, 0.15) is 31.1 Å². The molecule has 4 nitrogen and oxygen atoms in total. The number of aromatic nitrogens is 1. The number of carbonyl (C=O) groups is 1. The lowest BCUT2D eigenvalue weighted by Gasteiger charge is -2.28. The number of hydrogen-bond acceptors (Lipinski definition) is 3. The van der Waals surface area contributed by atoms with Crippen LogP contribution in [-0.2, 0) is 0 Å². The molecule has 1 heterocycles. The van der Waals surface area contributed by atoms with E-state index >= 15 is 0 Å². The van der Waals surface area contributed by atoms with Gasteiger partial charge in [0.2, 0.25) is 0 Å². The largest absolute Gasteiger partial charge is 0.389 e. The number of pyridine rings is 1. The van der Waals surface area contributed by atoms with Crippen LogP contribution in [0.5, 0.6) is 0 Å². The van der Waals surface area contributed by atoms with E-state index in [0.29, 0.717) is 18.7 Å². The molecule has 1 aromatic rings. The number of likely N-dealkylation sites (N-methyl/N-ethyl adjacent to an activating group) is 1. The smallest absolute Gasteiger partial charge is 0.255 e. The van der Waals surface area contributed by atoms with E-state index in [0.717, 1.165) is 4.47 Å². The summed E-state index contributed by atoms with van der Waals surface area (Å²) in [5.41, 5.74) is -0.379. The molecule has 0 saturated carbocycles. The second-order valence-electron chi connectivity index (χ2n) is 4.52. The average Bonchev–Trinajstić information content (AvgIpc) is 2.23. The summed E-state index contributed by atoms with van der Waals surface area (Å²) in [4.78, 5) is 17.7. The highest BCUT2D eigenvalue weighted by atomic mass is 79.9. The Bertz CT molecular complexity index is 402. The normalized spacial score (nSPS) is 11.4. The third-order valence-corrected chi connectivity index (χ3v) is 2.63. The van der Waals surface area contributed by atoms with Gasteiger partial charge >= 0.3 is 0 Å². The molecule has 0 aliphatic rings. The van der Waals surface area contributed by atoms with Crippen molar-refractivity contribution in [2.24, 2.45) is 0 Å². The maximum absolute atomic E-state index is 12.2. The zero-order valence-electron chi connectivity index (χ0n) is 10.3. The van der Waals surface area contributed by atoms with Crippen molar-refractivity contribution in [1.82, 2.24) is 9.88 Å². The van der Waals surface area contributed by atoms with Crippen molar-refractivity contribution in [3.8, 4) is 0 Å². The van der Waals surface area contributed by atoms with Crippen molar-refractivity contribution in [2.45, 2.75) is 26.4 Å². The van der Waals surface area contributed by atoms with Crippen molar-refractivity contribution in [2.75, 3.05) is 13.1 Å². The number of hydrogen-bond donors (Lipinski definition) is 1. The van der Waals surface area contributed by atoms with Crippen LogP contribution in [-0.4, -0.2) is 39.6 Å². The molecule has 0 radical (unpaired) electrons. The van der Waals surface area contributed by atoms with Crippen LogP contribution in [0.4, 0.5) is 0 Å². The van der Waals surface area contributed by atoms with E-state index in [1.807, 2.05) is 6.92 Å². The molecule has 0 unspecified atom stereocenters. The summed E-state index contributed by atoms with van der Waals surface area (Å²) in [5, 5.41) is 9.75. The molecule has 0 aliphatic carbocycles. The lowest BCUT2D eigenvalue weighted by molar-refractivity contribution is 0.0314. The minimum Gasteiger partial charge on any atom is -0.389 e. The fraction of sp³-hybridized carbons (Fsp3) is 0.500. The Morgan fingerprint density at radius 3 is 2.65 bits per heavy atom. The third-order valence-electron chi connectivity index (χ3n) is 2.20. The Morgan fingerprint density at radius 1 is 1.53 bits per heavy atom. The first kappa shape index (κ1) is 14.1. The molecule has 1 rings (SSSR count). The topological polar surface area (TPSA) is 53.4 Å². The van der Waals surface area contributed by atoms with Gasteiger partial charge in [0.1, 0.15) is 0 Å². The Kier molecular flexibility index (Phi) is 4.65. The highest BCUT2D eigenvalue weighted by molar-refractivity contribution is 9.10. The van der Waals surface area contributed by atoms with E-state index in [-0.39, 0.29) is 5.91 Å². The van der Waals surface area contributed by atoms with Gasteiger partial charge in [0, 0.05) is 30.0 Å². The predicted octanol–water partition coefficient (Wildman–Crippen LogP) is 2.08. The van der Waals surface area contributed by atoms with Gasteiger partial charge in [-0.15, -0.1) is 0 Å². The molecular formula is C12H17BrN2O2. The average molecular weight is 301 g/mol. The first-order chi connectivity index (χ1) is 7.83. The van der Waals surface area contributed by atoms with E-state index in [4.69, 9.17) is 0 Å². The molecule has 0 aromatic carbocycles. The van der Waals surface area contributed by atoms with Crippen molar-refractivity contribution < 1.29 is 9.90 Å². The zero-order chi connectivity index (χ0) is 13.1. The van der Waals surface area contributed by atoms with E-state index in [9.17, 15) is 9.90 Å². The zero-order valence-corrected chi connectivity index (χ0v) is 11.9. The first-order valence-electron chi connectivity index (χ1n) is 5.45.